The Kier molecular flexibility index (Phi) is 6.82. The van der Waals surface area contributed by atoms with E-state index in [0.29, 0.717) is 55.6 Å². The van der Waals surface area contributed by atoms with E-state index in [1.165, 1.54) is 12.1 Å². The van der Waals surface area contributed by atoms with E-state index in [2.05, 4.69) is 10.3 Å². The molecule has 0 bridgehead atoms. The van der Waals surface area contributed by atoms with E-state index in [1.807, 2.05) is 4.57 Å². The number of fused-ring (bicyclic) bond motifs is 1. The van der Waals surface area contributed by atoms with E-state index in [-0.39, 0.29) is 41.9 Å². The van der Waals surface area contributed by atoms with Gasteiger partial charge in [-0.15, -0.1) is 0 Å². The molecule has 38 heavy (non-hydrogen) atoms. The summed E-state index contributed by atoms with van der Waals surface area (Å²) in [4.78, 5) is 43.3. The predicted octanol–water partition coefficient (Wildman–Crippen LogP) is 3.89. The highest BCUT2D eigenvalue weighted by atomic mass is 19.4. The molecule has 0 atom stereocenters. The Bertz CT molecular complexity index is 1400. The molecule has 0 spiro atoms. The predicted molar refractivity (Wildman–Crippen MR) is 132 cm³/mol. The number of hydrogen-bond acceptors (Lipinski definition) is 5. The number of anilines is 2. The number of alkyl halides is 3. The van der Waals surface area contributed by atoms with E-state index in [1.54, 1.807) is 23.1 Å². The van der Waals surface area contributed by atoms with Gasteiger partial charge in [0, 0.05) is 29.8 Å². The van der Waals surface area contributed by atoms with E-state index in [4.69, 9.17) is 10.5 Å². The van der Waals surface area contributed by atoms with Gasteiger partial charge in [-0.1, -0.05) is 6.07 Å². The van der Waals surface area contributed by atoms with Crippen LogP contribution in [0.4, 0.5) is 24.8 Å². The van der Waals surface area contributed by atoms with Crippen molar-refractivity contribution < 1.29 is 32.3 Å². The van der Waals surface area contributed by atoms with E-state index >= 15 is 0 Å². The number of morpholine rings is 1. The smallest absolute Gasteiger partial charge is 0.370 e. The van der Waals surface area contributed by atoms with Crippen molar-refractivity contribution in [2.24, 2.45) is 11.7 Å². The number of carbonyl (C=O) groups excluding carboxylic acids is 3. The summed E-state index contributed by atoms with van der Waals surface area (Å²) in [6.45, 7) is 0.773. The molecule has 1 aromatic heterocycles. The lowest BCUT2D eigenvalue weighted by Gasteiger charge is -2.29. The number of rotatable bonds is 5. The van der Waals surface area contributed by atoms with Gasteiger partial charge in [0.2, 0.25) is 11.9 Å². The minimum absolute atomic E-state index is 0.0200. The van der Waals surface area contributed by atoms with Crippen molar-refractivity contribution in [3.05, 3.63) is 53.6 Å². The third-order valence-corrected chi connectivity index (χ3v) is 7.11. The molecule has 12 heteroatoms. The molecule has 200 valence electrons. The number of benzene rings is 2. The Hall–Kier alpha value is -3.93. The Morgan fingerprint density at radius 2 is 1.84 bits per heavy atom. The topological polar surface area (TPSA) is 120 Å². The second-order valence-electron chi connectivity index (χ2n) is 9.52. The molecule has 1 saturated carbocycles. The Morgan fingerprint density at radius 1 is 1.08 bits per heavy atom. The van der Waals surface area contributed by atoms with Crippen LogP contribution in [0, 0.1) is 5.92 Å². The van der Waals surface area contributed by atoms with Crippen molar-refractivity contribution in [1.29, 1.82) is 0 Å². The molecule has 2 aliphatic rings. The van der Waals surface area contributed by atoms with Crippen LogP contribution in [-0.2, 0) is 20.5 Å². The molecule has 3 N–H and O–H groups in total. The van der Waals surface area contributed by atoms with Crippen LogP contribution in [-0.4, -0.2) is 47.0 Å². The van der Waals surface area contributed by atoms with Gasteiger partial charge in [0.05, 0.1) is 23.2 Å². The fourth-order valence-electron chi connectivity index (χ4n) is 5.13. The molecular formula is C26H26F3N5O4. The van der Waals surface area contributed by atoms with E-state index in [0.717, 1.165) is 12.1 Å². The Morgan fingerprint density at radius 3 is 2.53 bits per heavy atom. The van der Waals surface area contributed by atoms with Crippen LogP contribution in [0.15, 0.2) is 42.5 Å². The maximum atomic E-state index is 13.2. The average Bonchev–Trinajstić information content (AvgIpc) is 3.25. The number of nitrogens with zero attached hydrogens (tertiary/aromatic N) is 3. The molecule has 3 aromatic rings. The minimum atomic E-state index is -4.59. The first-order chi connectivity index (χ1) is 18.1. The van der Waals surface area contributed by atoms with Gasteiger partial charge in [-0.2, -0.15) is 13.2 Å². The zero-order valence-corrected chi connectivity index (χ0v) is 20.3. The molecule has 1 saturated heterocycles. The highest BCUT2D eigenvalue weighted by molar-refractivity contribution is 6.04. The normalized spacial score (nSPS) is 20.5. The van der Waals surface area contributed by atoms with Crippen LogP contribution in [0.25, 0.3) is 11.0 Å². The zero-order chi connectivity index (χ0) is 27.0. The van der Waals surface area contributed by atoms with Crippen LogP contribution >= 0.6 is 0 Å². The van der Waals surface area contributed by atoms with Crippen molar-refractivity contribution in [2.45, 2.75) is 37.9 Å². The number of hydrogen-bond donors (Lipinski definition) is 2. The van der Waals surface area contributed by atoms with E-state index < -0.39 is 17.6 Å². The van der Waals surface area contributed by atoms with Crippen LogP contribution in [0.1, 0.15) is 47.6 Å². The molecule has 2 fully saturated rings. The fraction of sp³-hybridized carbons (Fsp3) is 0.385. The lowest BCUT2D eigenvalue weighted by molar-refractivity contribution is -0.137. The first kappa shape index (κ1) is 25.7. The quantitative estimate of drug-likeness (QED) is 0.520. The highest BCUT2D eigenvalue weighted by Gasteiger charge is 2.32. The number of primary amides is 1. The van der Waals surface area contributed by atoms with Crippen LogP contribution < -0.4 is 16.0 Å². The lowest BCUT2D eigenvalue weighted by Crippen LogP contribution is -2.41. The van der Waals surface area contributed by atoms with Gasteiger partial charge in [0.15, 0.2) is 0 Å². The summed E-state index contributed by atoms with van der Waals surface area (Å²) < 4.78 is 46.6. The summed E-state index contributed by atoms with van der Waals surface area (Å²) in [6, 6.07) is 9.39. The summed E-state index contributed by atoms with van der Waals surface area (Å²) in [5.41, 5.74) is 6.23. The van der Waals surface area contributed by atoms with Crippen LogP contribution in [0.2, 0.25) is 0 Å². The van der Waals surface area contributed by atoms with Crippen molar-refractivity contribution in [3.8, 4) is 0 Å². The van der Waals surface area contributed by atoms with Gasteiger partial charge in [-0.3, -0.25) is 19.7 Å². The Labute approximate surface area is 215 Å². The standard InChI is InChI=1S/C26H26F3N5O4/c27-26(28,29)17-3-1-2-16(12-17)24(37)32-25-31-20-13-19(33-10-11-38-14-22(33)35)8-9-21(20)34(25)18-6-4-15(5-7-18)23(30)36/h1-3,8-9,12-13,15,18H,4-7,10-11,14H2,(H2,30,36)(H,31,32,37). The van der Waals surface area contributed by atoms with Gasteiger partial charge < -0.3 is 19.9 Å². The average molecular weight is 530 g/mol. The number of imidazole rings is 1. The maximum absolute atomic E-state index is 13.2. The van der Waals surface area contributed by atoms with Gasteiger partial charge in [0.25, 0.3) is 11.8 Å². The second kappa shape index (κ2) is 10.1. The number of nitrogens with two attached hydrogens (primary N) is 1. The molecule has 3 amide bonds. The molecule has 1 aliphatic carbocycles. The molecule has 0 radical (unpaired) electrons. The first-order valence-electron chi connectivity index (χ1n) is 12.3. The second-order valence-corrected chi connectivity index (χ2v) is 9.52. The third-order valence-electron chi connectivity index (χ3n) is 7.11. The Balaban J connectivity index is 1.51. The minimum Gasteiger partial charge on any atom is -0.370 e. The maximum Gasteiger partial charge on any atom is 0.416 e. The molecule has 2 aromatic carbocycles. The molecule has 2 heterocycles. The number of nitrogens with one attached hydrogen (secondary N) is 1. The third kappa shape index (κ3) is 5.08. The van der Waals surface area contributed by atoms with Crippen molar-refractivity contribution >= 4 is 40.4 Å². The summed E-state index contributed by atoms with van der Waals surface area (Å²) in [7, 11) is 0. The monoisotopic (exact) mass is 529 g/mol. The van der Waals surface area contributed by atoms with Gasteiger partial charge in [-0.25, -0.2) is 4.98 Å². The van der Waals surface area contributed by atoms with Crippen molar-refractivity contribution in [3.63, 3.8) is 0 Å². The zero-order valence-electron chi connectivity index (χ0n) is 20.3. The molecule has 1 aliphatic heterocycles. The van der Waals surface area contributed by atoms with Gasteiger partial charge in [0.1, 0.15) is 6.61 Å². The summed E-state index contributed by atoms with van der Waals surface area (Å²) >= 11 is 0. The first-order valence-corrected chi connectivity index (χ1v) is 12.3. The summed E-state index contributed by atoms with van der Waals surface area (Å²) in [6.07, 6.45) is -2.23. The van der Waals surface area contributed by atoms with Crippen molar-refractivity contribution in [1.82, 2.24) is 9.55 Å². The highest BCUT2D eigenvalue weighted by Crippen LogP contribution is 2.38. The van der Waals surface area contributed by atoms with Crippen molar-refractivity contribution in [2.75, 3.05) is 30.0 Å². The van der Waals surface area contributed by atoms with Crippen LogP contribution in [0.5, 0.6) is 0 Å². The van der Waals surface area contributed by atoms with E-state index in [9.17, 15) is 27.6 Å². The number of ether oxygens (including phenoxy) is 1. The summed E-state index contributed by atoms with van der Waals surface area (Å²) in [5, 5.41) is 2.69. The van der Waals surface area contributed by atoms with Gasteiger partial charge >= 0.3 is 6.18 Å². The summed E-state index contributed by atoms with van der Waals surface area (Å²) in [5.74, 6) is -1.32. The molecule has 5 rings (SSSR count). The molecular weight excluding hydrogens is 503 g/mol. The largest absolute Gasteiger partial charge is 0.416 e. The number of aromatic nitrogens is 2. The lowest BCUT2D eigenvalue weighted by atomic mass is 9.85. The number of halogens is 3. The number of amides is 3. The van der Waals surface area contributed by atoms with Crippen LogP contribution in [0.3, 0.4) is 0 Å². The fourth-order valence-corrected chi connectivity index (χ4v) is 5.13. The molecule has 9 nitrogen and oxygen atoms in total. The SMILES string of the molecule is NC(=O)C1CCC(n2c(NC(=O)c3cccc(C(F)(F)F)c3)nc3cc(N4CCOCC4=O)ccc32)CC1. The molecule has 0 unspecified atom stereocenters. The number of carbonyl (C=O) groups is 3. The van der Waals surface area contributed by atoms with Gasteiger partial charge in [-0.05, 0) is 62.1 Å².